The van der Waals surface area contributed by atoms with Crippen LogP contribution >= 0.6 is 0 Å². The lowest BCUT2D eigenvalue weighted by molar-refractivity contribution is -0.0283. The first-order chi connectivity index (χ1) is 10.9. The van der Waals surface area contributed by atoms with Crippen molar-refractivity contribution in [2.24, 2.45) is 0 Å². The first-order valence-electron chi connectivity index (χ1n) is 9.19. The maximum atomic E-state index is 5.52. The van der Waals surface area contributed by atoms with E-state index in [0.717, 1.165) is 26.2 Å². The molecule has 3 aliphatic rings. The molecule has 1 aromatic heterocycles. The largest absolute Gasteiger partial charge is 0.381 e. The molecule has 122 valence electrons. The molecule has 4 heterocycles. The predicted octanol–water partition coefficient (Wildman–Crippen LogP) is 2.71. The normalized spacial score (nSPS) is 28.3. The van der Waals surface area contributed by atoms with E-state index in [1.807, 2.05) is 0 Å². The summed E-state index contributed by atoms with van der Waals surface area (Å²) < 4.78 is 7.98. The summed E-state index contributed by atoms with van der Waals surface area (Å²) in [4.78, 5) is 2.66. The van der Waals surface area contributed by atoms with Gasteiger partial charge in [-0.3, -0.25) is 4.90 Å². The molecule has 3 aliphatic heterocycles. The molecule has 22 heavy (non-hydrogen) atoms. The lowest BCUT2D eigenvalue weighted by Crippen LogP contribution is -2.50. The average molecular weight is 304 g/mol. The van der Waals surface area contributed by atoms with E-state index in [9.17, 15) is 0 Å². The zero-order chi connectivity index (χ0) is 14.8. The van der Waals surface area contributed by atoms with Crippen LogP contribution in [0.3, 0.4) is 0 Å². The first kappa shape index (κ1) is 14.6. The molecule has 1 atom stereocenters. The second-order valence-electron chi connectivity index (χ2n) is 7.03. The number of rotatable bonds is 2. The monoisotopic (exact) mass is 304 g/mol. The van der Waals surface area contributed by atoms with Gasteiger partial charge in [0.25, 0.3) is 0 Å². The van der Waals surface area contributed by atoms with Crippen molar-refractivity contribution in [3.05, 3.63) is 11.6 Å². The molecule has 4 rings (SSSR count). The zero-order valence-electron chi connectivity index (χ0n) is 13.5. The molecule has 0 spiro atoms. The third-order valence-corrected chi connectivity index (χ3v) is 5.66. The van der Waals surface area contributed by atoms with Crippen LogP contribution in [0.2, 0.25) is 0 Å². The van der Waals surface area contributed by atoms with Crippen molar-refractivity contribution in [1.82, 2.24) is 19.7 Å². The highest BCUT2D eigenvalue weighted by Gasteiger charge is 2.38. The SMILES string of the molecule is C1CCCc2nnc(C3CCN3C3CCOCC3)n2CCC1. The molecule has 0 radical (unpaired) electrons. The Balaban J connectivity index is 1.52. The van der Waals surface area contributed by atoms with Crippen LogP contribution in [0.4, 0.5) is 0 Å². The van der Waals surface area contributed by atoms with Gasteiger partial charge in [-0.05, 0) is 32.1 Å². The van der Waals surface area contributed by atoms with E-state index in [0.29, 0.717) is 12.1 Å². The van der Waals surface area contributed by atoms with Crippen molar-refractivity contribution in [2.45, 2.75) is 76.4 Å². The minimum absolute atomic E-state index is 0.505. The summed E-state index contributed by atoms with van der Waals surface area (Å²) in [5, 5.41) is 9.16. The van der Waals surface area contributed by atoms with E-state index < -0.39 is 0 Å². The lowest BCUT2D eigenvalue weighted by atomic mass is 9.95. The highest BCUT2D eigenvalue weighted by Crippen LogP contribution is 2.37. The third kappa shape index (κ3) is 2.81. The number of nitrogens with zero attached hydrogens (tertiary/aromatic N) is 4. The number of likely N-dealkylation sites (tertiary alicyclic amines) is 1. The van der Waals surface area contributed by atoms with Gasteiger partial charge in [-0.1, -0.05) is 19.3 Å². The van der Waals surface area contributed by atoms with E-state index in [4.69, 9.17) is 4.74 Å². The number of ether oxygens (including phenoxy) is 1. The van der Waals surface area contributed by atoms with Gasteiger partial charge in [0.05, 0.1) is 6.04 Å². The highest BCUT2D eigenvalue weighted by molar-refractivity contribution is 5.07. The summed E-state index contributed by atoms with van der Waals surface area (Å²) in [6.45, 7) is 4.19. The molecular formula is C17H28N4O. The van der Waals surface area contributed by atoms with Crippen molar-refractivity contribution in [2.75, 3.05) is 19.8 Å². The molecule has 1 unspecified atom stereocenters. The summed E-state index contributed by atoms with van der Waals surface area (Å²) >= 11 is 0. The molecule has 0 bridgehead atoms. The van der Waals surface area contributed by atoms with Crippen LogP contribution in [0, 0.1) is 0 Å². The van der Waals surface area contributed by atoms with Gasteiger partial charge in [-0.25, -0.2) is 0 Å². The van der Waals surface area contributed by atoms with Gasteiger partial charge in [0.2, 0.25) is 0 Å². The van der Waals surface area contributed by atoms with Crippen LogP contribution in [-0.2, 0) is 17.7 Å². The number of fused-ring (bicyclic) bond motifs is 1. The van der Waals surface area contributed by atoms with Crippen molar-refractivity contribution in [1.29, 1.82) is 0 Å². The van der Waals surface area contributed by atoms with Gasteiger partial charge in [0.15, 0.2) is 0 Å². The topological polar surface area (TPSA) is 43.2 Å². The van der Waals surface area contributed by atoms with Crippen LogP contribution in [0.25, 0.3) is 0 Å². The molecule has 0 N–H and O–H groups in total. The van der Waals surface area contributed by atoms with E-state index in [-0.39, 0.29) is 0 Å². The van der Waals surface area contributed by atoms with E-state index >= 15 is 0 Å². The average Bonchev–Trinajstić information content (AvgIpc) is 2.93. The molecule has 0 saturated carbocycles. The Bertz CT molecular complexity index is 495. The number of aromatic nitrogens is 3. The van der Waals surface area contributed by atoms with Crippen LogP contribution < -0.4 is 0 Å². The minimum atomic E-state index is 0.505. The Labute approximate surface area is 133 Å². The van der Waals surface area contributed by atoms with Crippen LogP contribution in [0.5, 0.6) is 0 Å². The summed E-state index contributed by atoms with van der Waals surface area (Å²) in [6.07, 6.45) is 11.3. The molecule has 2 saturated heterocycles. The fourth-order valence-corrected chi connectivity index (χ4v) is 4.25. The van der Waals surface area contributed by atoms with Crippen molar-refractivity contribution >= 4 is 0 Å². The fraction of sp³-hybridized carbons (Fsp3) is 0.882. The van der Waals surface area contributed by atoms with Crippen molar-refractivity contribution < 1.29 is 4.74 Å². The molecule has 1 aromatic rings. The van der Waals surface area contributed by atoms with Gasteiger partial charge in [0, 0.05) is 38.8 Å². The van der Waals surface area contributed by atoms with E-state index in [1.165, 1.54) is 69.6 Å². The molecule has 5 heteroatoms. The molecule has 2 fully saturated rings. The van der Waals surface area contributed by atoms with Crippen LogP contribution in [0.1, 0.15) is 69.1 Å². The third-order valence-electron chi connectivity index (χ3n) is 5.66. The van der Waals surface area contributed by atoms with E-state index in [2.05, 4.69) is 19.7 Å². The Hall–Kier alpha value is -0.940. The zero-order valence-corrected chi connectivity index (χ0v) is 13.5. The second-order valence-corrected chi connectivity index (χ2v) is 7.03. The van der Waals surface area contributed by atoms with Gasteiger partial charge >= 0.3 is 0 Å². The fourth-order valence-electron chi connectivity index (χ4n) is 4.25. The summed E-state index contributed by atoms with van der Waals surface area (Å²) in [7, 11) is 0. The van der Waals surface area contributed by atoms with Crippen molar-refractivity contribution in [3.63, 3.8) is 0 Å². The Morgan fingerprint density at radius 3 is 2.50 bits per heavy atom. The van der Waals surface area contributed by atoms with Gasteiger partial charge in [-0.2, -0.15) is 0 Å². The first-order valence-corrected chi connectivity index (χ1v) is 9.19. The maximum absolute atomic E-state index is 5.52. The summed E-state index contributed by atoms with van der Waals surface area (Å²) in [5.41, 5.74) is 0. The standard InChI is InChI=1S/C17H28N4O/c1-2-4-6-16-18-19-17(21(16)10-5-3-1)15-7-11-20(15)14-8-12-22-13-9-14/h14-15H,1-13H2. The number of hydrogen-bond donors (Lipinski definition) is 0. The van der Waals surface area contributed by atoms with Gasteiger partial charge in [0.1, 0.15) is 11.6 Å². The quantitative estimate of drug-likeness (QED) is 0.842. The minimum Gasteiger partial charge on any atom is -0.381 e. The molecule has 0 aliphatic carbocycles. The predicted molar refractivity (Wildman–Crippen MR) is 84.7 cm³/mol. The van der Waals surface area contributed by atoms with Crippen LogP contribution in [-0.4, -0.2) is 45.5 Å². The molecule has 0 aromatic carbocycles. The smallest absolute Gasteiger partial charge is 0.150 e. The second kappa shape index (κ2) is 6.67. The van der Waals surface area contributed by atoms with E-state index in [1.54, 1.807) is 0 Å². The number of hydrogen-bond acceptors (Lipinski definition) is 4. The Morgan fingerprint density at radius 2 is 1.68 bits per heavy atom. The van der Waals surface area contributed by atoms with Gasteiger partial charge in [-0.15, -0.1) is 10.2 Å². The van der Waals surface area contributed by atoms with Gasteiger partial charge < -0.3 is 9.30 Å². The highest BCUT2D eigenvalue weighted by atomic mass is 16.5. The Morgan fingerprint density at radius 1 is 0.864 bits per heavy atom. The van der Waals surface area contributed by atoms with Crippen LogP contribution in [0.15, 0.2) is 0 Å². The molecule has 5 nitrogen and oxygen atoms in total. The van der Waals surface area contributed by atoms with Crippen molar-refractivity contribution in [3.8, 4) is 0 Å². The number of aryl methyl sites for hydroxylation is 1. The lowest BCUT2D eigenvalue weighted by Gasteiger charge is -2.46. The molecular weight excluding hydrogens is 276 g/mol. The summed E-state index contributed by atoms with van der Waals surface area (Å²) in [6, 6.07) is 1.20. The Kier molecular flexibility index (Phi) is 4.44. The summed E-state index contributed by atoms with van der Waals surface area (Å²) in [5.74, 6) is 2.48. The maximum Gasteiger partial charge on any atom is 0.150 e. The molecule has 0 amide bonds.